The average Bonchev–Trinajstić information content (AvgIpc) is 2.50. The van der Waals surface area contributed by atoms with Crippen LogP contribution in [0.4, 0.5) is 0 Å². The van der Waals surface area contributed by atoms with E-state index in [1.807, 2.05) is 0 Å². The zero-order valence-electron chi connectivity index (χ0n) is 9.50. The maximum absolute atomic E-state index is 3.43. The minimum atomic E-state index is 1.10. The summed E-state index contributed by atoms with van der Waals surface area (Å²) in [5.74, 6) is 0. The quantitative estimate of drug-likeness (QED) is 0.790. The molecule has 15 heavy (non-hydrogen) atoms. The Bertz CT molecular complexity index is 284. The first kappa shape index (κ1) is 10.7. The number of hydrogen-bond acceptors (Lipinski definition) is 2. The molecule has 2 rings (SSSR count). The molecular weight excluding hydrogens is 184 g/mol. The summed E-state index contributed by atoms with van der Waals surface area (Å²) in [6.07, 6.45) is 1.27. The van der Waals surface area contributed by atoms with Gasteiger partial charge in [0.2, 0.25) is 0 Å². The summed E-state index contributed by atoms with van der Waals surface area (Å²) in [5, 5.41) is 3.43. The van der Waals surface area contributed by atoms with Gasteiger partial charge >= 0.3 is 0 Å². The molecule has 0 unspecified atom stereocenters. The van der Waals surface area contributed by atoms with Gasteiger partial charge in [0.25, 0.3) is 0 Å². The van der Waals surface area contributed by atoms with Crippen LogP contribution in [0.3, 0.4) is 0 Å². The largest absolute Gasteiger partial charge is 0.315 e. The van der Waals surface area contributed by atoms with E-state index in [1.54, 1.807) is 0 Å². The van der Waals surface area contributed by atoms with E-state index < -0.39 is 0 Å². The average molecular weight is 204 g/mol. The van der Waals surface area contributed by atoms with Crippen LogP contribution < -0.4 is 5.32 Å². The minimum Gasteiger partial charge on any atom is -0.315 e. The molecule has 1 aliphatic rings. The molecule has 0 atom stereocenters. The molecule has 2 nitrogen and oxygen atoms in total. The first-order chi connectivity index (χ1) is 7.34. The lowest BCUT2D eigenvalue weighted by molar-refractivity contribution is 0.284. The Balaban J connectivity index is 1.92. The van der Waals surface area contributed by atoms with Crippen molar-refractivity contribution < 1.29 is 0 Å². The van der Waals surface area contributed by atoms with Crippen LogP contribution in [0.2, 0.25) is 0 Å². The van der Waals surface area contributed by atoms with Crippen LogP contribution in [0.1, 0.15) is 17.5 Å². The van der Waals surface area contributed by atoms with Crippen molar-refractivity contribution in [1.82, 2.24) is 10.2 Å². The van der Waals surface area contributed by atoms with E-state index >= 15 is 0 Å². The molecule has 1 aromatic carbocycles. The molecule has 0 saturated carbocycles. The molecule has 1 saturated heterocycles. The van der Waals surface area contributed by atoms with Gasteiger partial charge in [0.1, 0.15) is 0 Å². The van der Waals surface area contributed by atoms with Gasteiger partial charge in [-0.3, -0.25) is 4.90 Å². The summed E-state index contributed by atoms with van der Waals surface area (Å²) >= 11 is 0. The van der Waals surface area contributed by atoms with Crippen LogP contribution in [0.25, 0.3) is 0 Å². The third-order valence-corrected chi connectivity index (χ3v) is 2.96. The van der Waals surface area contributed by atoms with Crippen molar-refractivity contribution in [3.8, 4) is 0 Å². The molecule has 0 amide bonds. The fraction of sp³-hybridized carbons (Fsp3) is 0.538. The monoisotopic (exact) mass is 204 g/mol. The number of rotatable bonds is 2. The van der Waals surface area contributed by atoms with Crippen molar-refractivity contribution in [3.05, 3.63) is 35.4 Å². The Morgan fingerprint density at radius 1 is 1.13 bits per heavy atom. The second-order valence-corrected chi connectivity index (χ2v) is 4.37. The van der Waals surface area contributed by atoms with Gasteiger partial charge in [0.15, 0.2) is 0 Å². The molecule has 1 fully saturated rings. The van der Waals surface area contributed by atoms with Crippen LogP contribution in [0, 0.1) is 6.92 Å². The Morgan fingerprint density at radius 3 is 2.73 bits per heavy atom. The Morgan fingerprint density at radius 2 is 1.93 bits per heavy atom. The minimum absolute atomic E-state index is 1.10. The topological polar surface area (TPSA) is 15.3 Å². The summed E-state index contributed by atoms with van der Waals surface area (Å²) in [6, 6.07) is 8.89. The molecule has 0 spiro atoms. The fourth-order valence-corrected chi connectivity index (χ4v) is 2.01. The molecule has 82 valence electrons. The highest BCUT2D eigenvalue weighted by Gasteiger charge is 2.08. The van der Waals surface area contributed by atoms with E-state index in [2.05, 4.69) is 41.4 Å². The van der Waals surface area contributed by atoms with Crippen LogP contribution in [0.5, 0.6) is 0 Å². The molecule has 0 aromatic heterocycles. The van der Waals surface area contributed by atoms with Crippen molar-refractivity contribution in [2.45, 2.75) is 19.9 Å². The second-order valence-electron chi connectivity index (χ2n) is 4.37. The third kappa shape index (κ3) is 3.33. The zero-order valence-corrected chi connectivity index (χ0v) is 9.50. The fourth-order valence-electron chi connectivity index (χ4n) is 2.01. The van der Waals surface area contributed by atoms with Crippen molar-refractivity contribution in [2.75, 3.05) is 26.2 Å². The lowest BCUT2D eigenvalue weighted by Crippen LogP contribution is -2.27. The van der Waals surface area contributed by atoms with E-state index in [0.717, 1.165) is 13.1 Å². The van der Waals surface area contributed by atoms with E-state index in [0.29, 0.717) is 0 Å². The maximum atomic E-state index is 3.43. The van der Waals surface area contributed by atoms with Gasteiger partial charge in [-0.15, -0.1) is 0 Å². The van der Waals surface area contributed by atoms with E-state index in [1.165, 1.54) is 37.2 Å². The molecule has 1 heterocycles. The molecule has 1 N–H and O–H groups in total. The zero-order chi connectivity index (χ0) is 10.5. The third-order valence-electron chi connectivity index (χ3n) is 2.96. The normalized spacial score (nSPS) is 18.7. The predicted octanol–water partition coefficient (Wildman–Crippen LogP) is 1.79. The molecule has 0 bridgehead atoms. The van der Waals surface area contributed by atoms with Crippen LogP contribution >= 0.6 is 0 Å². The lowest BCUT2D eigenvalue weighted by Gasteiger charge is -2.19. The highest BCUT2D eigenvalue weighted by atomic mass is 15.1. The summed E-state index contributed by atoms with van der Waals surface area (Å²) in [5.41, 5.74) is 2.78. The van der Waals surface area contributed by atoms with Crippen LogP contribution in [-0.2, 0) is 6.54 Å². The smallest absolute Gasteiger partial charge is 0.0234 e. The first-order valence-electron chi connectivity index (χ1n) is 5.83. The maximum Gasteiger partial charge on any atom is 0.0234 e. The first-order valence-corrected chi connectivity index (χ1v) is 5.83. The Labute approximate surface area is 92.3 Å². The molecule has 2 heteroatoms. The van der Waals surface area contributed by atoms with Crippen molar-refractivity contribution in [1.29, 1.82) is 0 Å². The molecule has 0 radical (unpaired) electrons. The number of nitrogens with one attached hydrogen (secondary N) is 1. The standard InChI is InChI=1S/C13H20N2/c1-12-3-5-13(6-4-12)11-15-9-2-7-14-8-10-15/h3-6,14H,2,7-11H2,1H3. The molecule has 1 aliphatic heterocycles. The van der Waals surface area contributed by atoms with Gasteiger partial charge in [-0.1, -0.05) is 29.8 Å². The molecule has 0 aliphatic carbocycles. The van der Waals surface area contributed by atoms with E-state index in [9.17, 15) is 0 Å². The highest BCUT2D eigenvalue weighted by molar-refractivity contribution is 5.21. The summed E-state index contributed by atoms with van der Waals surface area (Å²) in [6.45, 7) is 7.94. The van der Waals surface area contributed by atoms with Gasteiger partial charge < -0.3 is 5.32 Å². The Hall–Kier alpha value is -0.860. The summed E-state index contributed by atoms with van der Waals surface area (Å²) in [7, 11) is 0. The predicted molar refractivity (Wildman–Crippen MR) is 63.9 cm³/mol. The van der Waals surface area contributed by atoms with Crippen molar-refractivity contribution in [3.63, 3.8) is 0 Å². The van der Waals surface area contributed by atoms with Gasteiger partial charge in [-0.25, -0.2) is 0 Å². The number of hydrogen-bond donors (Lipinski definition) is 1. The van der Waals surface area contributed by atoms with Crippen molar-refractivity contribution >= 4 is 0 Å². The Kier molecular flexibility index (Phi) is 3.75. The molecule has 1 aromatic rings. The van der Waals surface area contributed by atoms with E-state index in [4.69, 9.17) is 0 Å². The molecular formula is C13H20N2. The number of aryl methyl sites for hydroxylation is 1. The van der Waals surface area contributed by atoms with Crippen LogP contribution in [0.15, 0.2) is 24.3 Å². The van der Waals surface area contributed by atoms with Gasteiger partial charge in [-0.05, 0) is 32.0 Å². The van der Waals surface area contributed by atoms with Gasteiger partial charge in [0, 0.05) is 19.6 Å². The van der Waals surface area contributed by atoms with Gasteiger partial charge in [-0.2, -0.15) is 0 Å². The number of nitrogens with zero attached hydrogens (tertiary/aromatic N) is 1. The summed E-state index contributed by atoms with van der Waals surface area (Å²) in [4.78, 5) is 2.53. The highest BCUT2D eigenvalue weighted by Crippen LogP contribution is 2.07. The SMILES string of the molecule is Cc1ccc(CN2CCCNCC2)cc1. The number of benzene rings is 1. The second kappa shape index (κ2) is 5.29. The van der Waals surface area contributed by atoms with Crippen LogP contribution in [-0.4, -0.2) is 31.1 Å². The lowest BCUT2D eigenvalue weighted by atomic mass is 10.1. The summed E-state index contributed by atoms with van der Waals surface area (Å²) < 4.78 is 0. The van der Waals surface area contributed by atoms with Gasteiger partial charge in [0.05, 0.1) is 0 Å². The van der Waals surface area contributed by atoms with E-state index in [-0.39, 0.29) is 0 Å². The van der Waals surface area contributed by atoms with Crippen molar-refractivity contribution in [2.24, 2.45) is 0 Å².